The van der Waals surface area contributed by atoms with Crippen molar-refractivity contribution in [2.24, 2.45) is 0 Å². The highest BCUT2D eigenvalue weighted by molar-refractivity contribution is 8.00. The molecule has 1 atom stereocenters. The SMILES string of the molecule is Cc1cc(=O)[nH]c(S[C@@H](C)C(=O)N2CCc3c(nc(C)[nH]c3=O)C2)n1. The first kappa shape index (κ1) is 17.4. The second-order valence-corrected chi connectivity index (χ2v) is 7.37. The lowest BCUT2D eigenvalue weighted by Crippen LogP contribution is -2.42. The lowest BCUT2D eigenvalue weighted by molar-refractivity contribution is -0.131. The van der Waals surface area contributed by atoms with E-state index in [1.54, 1.807) is 25.7 Å². The molecule has 25 heavy (non-hydrogen) atoms. The van der Waals surface area contributed by atoms with Gasteiger partial charge in [0.25, 0.3) is 11.1 Å². The molecule has 2 aromatic heterocycles. The molecular formula is C16H19N5O3S. The van der Waals surface area contributed by atoms with Gasteiger partial charge in [-0.1, -0.05) is 11.8 Å². The molecule has 0 bridgehead atoms. The summed E-state index contributed by atoms with van der Waals surface area (Å²) in [7, 11) is 0. The molecule has 2 aromatic rings. The van der Waals surface area contributed by atoms with Gasteiger partial charge in [0.05, 0.1) is 17.5 Å². The van der Waals surface area contributed by atoms with Crippen LogP contribution in [0.1, 0.15) is 29.7 Å². The third-order valence-corrected chi connectivity index (χ3v) is 4.96. The van der Waals surface area contributed by atoms with Crippen molar-refractivity contribution in [2.45, 2.75) is 44.1 Å². The van der Waals surface area contributed by atoms with Crippen LogP contribution in [0.25, 0.3) is 0 Å². The molecule has 0 saturated heterocycles. The summed E-state index contributed by atoms with van der Waals surface area (Å²) in [5.41, 5.74) is 1.55. The van der Waals surface area contributed by atoms with E-state index >= 15 is 0 Å². The van der Waals surface area contributed by atoms with Gasteiger partial charge >= 0.3 is 0 Å². The average Bonchev–Trinajstić information content (AvgIpc) is 2.52. The summed E-state index contributed by atoms with van der Waals surface area (Å²) in [6.07, 6.45) is 0.487. The number of nitrogens with one attached hydrogen (secondary N) is 2. The van der Waals surface area contributed by atoms with Crippen LogP contribution in [0.3, 0.4) is 0 Å². The summed E-state index contributed by atoms with van der Waals surface area (Å²) in [5.74, 6) is 0.474. The molecule has 3 heterocycles. The van der Waals surface area contributed by atoms with Crippen LogP contribution in [0.5, 0.6) is 0 Å². The van der Waals surface area contributed by atoms with Crippen molar-refractivity contribution in [1.29, 1.82) is 0 Å². The number of hydrogen-bond acceptors (Lipinski definition) is 6. The topological polar surface area (TPSA) is 112 Å². The van der Waals surface area contributed by atoms with Crippen LogP contribution < -0.4 is 11.1 Å². The third kappa shape index (κ3) is 3.81. The molecule has 2 N–H and O–H groups in total. The van der Waals surface area contributed by atoms with Gasteiger partial charge in [-0.25, -0.2) is 9.97 Å². The number of fused-ring (bicyclic) bond motifs is 1. The second-order valence-electron chi connectivity index (χ2n) is 6.04. The number of aryl methyl sites for hydroxylation is 2. The van der Waals surface area contributed by atoms with Gasteiger partial charge in [-0.2, -0.15) is 0 Å². The number of thioether (sulfide) groups is 1. The highest BCUT2D eigenvalue weighted by atomic mass is 32.2. The molecule has 3 rings (SSSR count). The van der Waals surface area contributed by atoms with Crippen molar-refractivity contribution in [3.8, 4) is 0 Å². The zero-order valence-electron chi connectivity index (χ0n) is 14.3. The Bertz CT molecular complexity index is 936. The standard InChI is InChI=1S/C16H19N5O3S/c1-8-6-13(22)20-16(17-8)25-9(2)15(24)21-5-4-11-12(7-21)18-10(3)19-14(11)23/h6,9H,4-5,7H2,1-3H3,(H,17,20,22)(H,18,19,23)/t9-/m0/s1. The Labute approximate surface area is 148 Å². The number of hydrogen-bond donors (Lipinski definition) is 2. The predicted molar refractivity (Wildman–Crippen MR) is 93.6 cm³/mol. The molecule has 0 aliphatic carbocycles. The minimum Gasteiger partial charge on any atom is -0.335 e. The molecule has 9 heteroatoms. The Morgan fingerprint density at radius 2 is 2.04 bits per heavy atom. The summed E-state index contributed by atoms with van der Waals surface area (Å²) < 4.78 is 0. The molecule has 132 valence electrons. The molecule has 1 amide bonds. The summed E-state index contributed by atoms with van der Waals surface area (Å²) in [6, 6.07) is 1.41. The zero-order valence-corrected chi connectivity index (χ0v) is 15.1. The highest BCUT2D eigenvalue weighted by Gasteiger charge is 2.28. The Morgan fingerprint density at radius 1 is 1.28 bits per heavy atom. The van der Waals surface area contributed by atoms with E-state index in [1.165, 1.54) is 17.8 Å². The largest absolute Gasteiger partial charge is 0.335 e. The monoisotopic (exact) mass is 361 g/mol. The van der Waals surface area contributed by atoms with Gasteiger partial charge in [-0.3, -0.25) is 14.4 Å². The fourth-order valence-electron chi connectivity index (χ4n) is 2.83. The van der Waals surface area contributed by atoms with Gasteiger partial charge in [-0.05, 0) is 27.2 Å². The van der Waals surface area contributed by atoms with Gasteiger partial charge in [-0.15, -0.1) is 0 Å². The van der Waals surface area contributed by atoms with Crippen LogP contribution in [0.2, 0.25) is 0 Å². The number of amides is 1. The van der Waals surface area contributed by atoms with Gasteiger partial charge < -0.3 is 14.9 Å². The number of H-pyrrole nitrogens is 2. The molecule has 1 aliphatic rings. The number of rotatable bonds is 3. The van der Waals surface area contributed by atoms with E-state index in [4.69, 9.17) is 0 Å². The van der Waals surface area contributed by atoms with Crippen molar-refractivity contribution in [2.75, 3.05) is 6.54 Å². The molecule has 0 radical (unpaired) electrons. The summed E-state index contributed by atoms with van der Waals surface area (Å²) in [4.78, 5) is 51.8. The first-order chi connectivity index (χ1) is 11.8. The summed E-state index contributed by atoms with van der Waals surface area (Å²) >= 11 is 1.22. The van der Waals surface area contributed by atoms with Crippen molar-refractivity contribution in [1.82, 2.24) is 24.8 Å². The quantitative estimate of drug-likeness (QED) is 0.609. The summed E-state index contributed by atoms with van der Waals surface area (Å²) in [6.45, 7) is 6.03. The molecule has 0 fully saturated rings. The number of aromatic nitrogens is 4. The van der Waals surface area contributed by atoms with Crippen LogP contribution in [0.15, 0.2) is 20.8 Å². The smallest absolute Gasteiger partial charge is 0.254 e. The van der Waals surface area contributed by atoms with E-state index in [1.807, 2.05) is 0 Å². The van der Waals surface area contributed by atoms with E-state index in [2.05, 4.69) is 19.9 Å². The van der Waals surface area contributed by atoms with Gasteiger partial charge in [0, 0.05) is 23.9 Å². The minimum atomic E-state index is -0.408. The van der Waals surface area contributed by atoms with E-state index in [9.17, 15) is 14.4 Å². The van der Waals surface area contributed by atoms with Gasteiger partial charge in [0.1, 0.15) is 5.82 Å². The number of aromatic amines is 2. The maximum absolute atomic E-state index is 12.7. The predicted octanol–water partition coefficient (Wildman–Crippen LogP) is 0.536. The fraction of sp³-hybridized carbons (Fsp3) is 0.438. The lowest BCUT2D eigenvalue weighted by Gasteiger charge is -2.29. The molecule has 8 nitrogen and oxygen atoms in total. The van der Waals surface area contributed by atoms with Crippen LogP contribution in [-0.4, -0.2) is 42.5 Å². The zero-order chi connectivity index (χ0) is 18.1. The Balaban J connectivity index is 1.74. The molecule has 1 aliphatic heterocycles. The molecular weight excluding hydrogens is 342 g/mol. The maximum atomic E-state index is 12.7. The minimum absolute atomic E-state index is 0.0699. The van der Waals surface area contributed by atoms with E-state index in [-0.39, 0.29) is 17.0 Å². The molecule has 0 unspecified atom stereocenters. The van der Waals surface area contributed by atoms with Crippen LogP contribution in [0.4, 0.5) is 0 Å². The van der Waals surface area contributed by atoms with Crippen molar-refractivity contribution < 1.29 is 4.79 Å². The molecule has 0 aromatic carbocycles. The lowest BCUT2D eigenvalue weighted by atomic mass is 10.1. The number of carbonyl (C=O) groups is 1. The Hall–Kier alpha value is -2.42. The highest BCUT2D eigenvalue weighted by Crippen LogP contribution is 2.23. The maximum Gasteiger partial charge on any atom is 0.254 e. The third-order valence-electron chi connectivity index (χ3n) is 3.99. The van der Waals surface area contributed by atoms with Crippen molar-refractivity contribution in [3.05, 3.63) is 49.5 Å². The van der Waals surface area contributed by atoms with E-state index < -0.39 is 5.25 Å². The van der Waals surface area contributed by atoms with Crippen LogP contribution in [0, 0.1) is 13.8 Å². The van der Waals surface area contributed by atoms with E-state index in [0.717, 1.165) is 0 Å². The first-order valence-corrected chi connectivity index (χ1v) is 8.83. The Kier molecular flexibility index (Phi) is 4.76. The molecule has 0 spiro atoms. The normalized spacial score (nSPS) is 14.9. The van der Waals surface area contributed by atoms with Crippen molar-refractivity contribution in [3.63, 3.8) is 0 Å². The number of carbonyl (C=O) groups excluding carboxylic acids is 1. The average molecular weight is 361 g/mol. The van der Waals surface area contributed by atoms with Crippen molar-refractivity contribution >= 4 is 17.7 Å². The fourth-order valence-corrected chi connectivity index (χ4v) is 3.78. The number of nitrogens with zero attached hydrogens (tertiary/aromatic N) is 3. The summed E-state index contributed by atoms with van der Waals surface area (Å²) in [5, 5.41) is 0.0169. The first-order valence-electron chi connectivity index (χ1n) is 7.95. The van der Waals surface area contributed by atoms with Gasteiger partial charge in [0.15, 0.2) is 5.16 Å². The second kappa shape index (κ2) is 6.83. The molecule has 0 saturated carbocycles. The van der Waals surface area contributed by atoms with Gasteiger partial charge in [0.2, 0.25) is 5.91 Å². The van der Waals surface area contributed by atoms with Crippen LogP contribution >= 0.6 is 11.8 Å². The Morgan fingerprint density at radius 3 is 2.76 bits per heavy atom. The van der Waals surface area contributed by atoms with Crippen LogP contribution in [-0.2, 0) is 17.8 Å². The van der Waals surface area contributed by atoms with E-state index in [0.29, 0.717) is 47.4 Å².